The van der Waals surface area contributed by atoms with E-state index in [4.69, 9.17) is 4.74 Å². The minimum Gasteiger partial charge on any atom is -0.379 e. The van der Waals surface area contributed by atoms with E-state index < -0.39 is 0 Å². The molecule has 0 aromatic carbocycles. The fourth-order valence-electron chi connectivity index (χ4n) is 1.93. The number of carbonyl (C=O) groups is 2. The number of morpholine rings is 1. The first kappa shape index (κ1) is 11.3. The van der Waals surface area contributed by atoms with Gasteiger partial charge in [-0.3, -0.25) is 9.69 Å². The molecule has 0 unspecified atom stereocenters. The Bertz CT molecular complexity index is 276. The second kappa shape index (κ2) is 5.27. The topological polar surface area (TPSA) is 64.0 Å². The first-order valence-electron chi connectivity index (χ1n) is 5.59. The summed E-state index contributed by atoms with van der Waals surface area (Å²) in [6, 6.07) is -0.382. The van der Waals surface area contributed by atoms with E-state index in [-0.39, 0.29) is 18.5 Å². The quantitative estimate of drug-likeness (QED) is 0.593. The summed E-state index contributed by atoms with van der Waals surface area (Å²) in [5, 5.41) is 3.35. The van der Waals surface area contributed by atoms with Gasteiger partial charge in [-0.2, -0.15) is 5.32 Å². The number of hydrogen-bond acceptors (Lipinski definition) is 4. The van der Waals surface area contributed by atoms with Crippen LogP contribution in [0.4, 0.5) is 4.79 Å². The number of carbonyl (C=O) groups excluding carboxylic acids is 2. The lowest BCUT2D eigenvalue weighted by Gasteiger charge is -2.27. The van der Waals surface area contributed by atoms with Crippen LogP contribution in [-0.2, 0) is 9.53 Å². The van der Waals surface area contributed by atoms with Crippen LogP contribution in [0.25, 0.3) is 0 Å². The smallest absolute Gasteiger partial charge is 0.347 e. The average molecular weight is 226 g/mol. The van der Waals surface area contributed by atoms with Crippen LogP contribution >= 0.6 is 0 Å². The maximum absolute atomic E-state index is 11.2. The van der Waals surface area contributed by atoms with E-state index in [0.29, 0.717) is 6.54 Å². The molecule has 16 heavy (non-hydrogen) atoms. The summed E-state index contributed by atoms with van der Waals surface area (Å²) in [6.07, 6.45) is 0.883. The van der Waals surface area contributed by atoms with Crippen molar-refractivity contribution in [2.45, 2.75) is 6.42 Å². The number of amides is 3. The molecule has 0 aromatic heterocycles. The molecule has 1 radical (unpaired) electrons. The molecule has 0 spiro atoms. The standard InChI is InChI=1S/C10H16N3O3/c14-9-8-13(10(15)11-9)3-1-2-12-4-6-16-7-5-12/h1-8H2. The lowest BCUT2D eigenvalue weighted by molar-refractivity contribution is -0.118. The normalized spacial score (nSPS) is 22.6. The molecule has 2 aliphatic rings. The van der Waals surface area contributed by atoms with Crippen molar-refractivity contribution in [3.05, 3.63) is 0 Å². The van der Waals surface area contributed by atoms with Gasteiger partial charge >= 0.3 is 6.03 Å². The molecule has 2 saturated heterocycles. The number of ether oxygens (including phenoxy) is 1. The number of nitrogens with zero attached hydrogens (tertiary/aromatic N) is 3. The highest BCUT2D eigenvalue weighted by molar-refractivity contribution is 6.01. The minimum atomic E-state index is -0.382. The van der Waals surface area contributed by atoms with Gasteiger partial charge in [0.25, 0.3) is 5.91 Å². The van der Waals surface area contributed by atoms with E-state index in [0.717, 1.165) is 39.3 Å². The van der Waals surface area contributed by atoms with Gasteiger partial charge in [0.2, 0.25) is 0 Å². The van der Waals surface area contributed by atoms with Crippen LogP contribution in [0.1, 0.15) is 6.42 Å². The molecule has 2 heterocycles. The summed E-state index contributed by atoms with van der Waals surface area (Å²) in [6.45, 7) is 5.20. The lowest BCUT2D eigenvalue weighted by atomic mass is 10.3. The third kappa shape index (κ3) is 2.93. The Morgan fingerprint density at radius 2 is 1.94 bits per heavy atom. The summed E-state index contributed by atoms with van der Waals surface area (Å²) < 4.78 is 5.24. The molecule has 0 atom stereocenters. The van der Waals surface area contributed by atoms with E-state index in [9.17, 15) is 9.59 Å². The summed E-state index contributed by atoms with van der Waals surface area (Å²) in [7, 11) is 0. The number of rotatable bonds is 4. The van der Waals surface area contributed by atoms with Gasteiger partial charge in [0.05, 0.1) is 13.2 Å². The molecule has 0 aliphatic carbocycles. The third-order valence-corrected chi connectivity index (χ3v) is 2.82. The monoisotopic (exact) mass is 226 g/mol. The first-order valence-corrected chi connectivity index (χ1v) is 5.59. The molecule has 6 nitrogen and oxygen atoms in total. The van der Waals surface area contributed by atoms with Crippen molar-refractivity contribution in [2.75, 3.05) is 45.9 Å². The molecule has 2 aliphatic heterocycles. The van der Waals surface area contributed by atoms with Crippen LogP contribution < -0.4 is 5.32 Å². The molecule has 0 aromatic rings. The predicted molar refractivity (Wildman–Crippen MR) is 56.0 cm³/mol. The first-order chi connectivity index (χ1) is 7.75. The molecule has 3 amide bonds. The number of urea groups is 1. The van der Waals surface area contributed by atoms with Crippen LogP contribution in [0, 0.1) is 0 Å². The van der Waals surface area contributed by atoms with E-state index in [1.807, 2.05) is 0 Å². The Morgan fingerprint density at radius 3 is 2.56 bits per heavy atom. The van der Waals surface area contributed by atoms with Crippen molar-refractivity contribution in [1.29, 1.82) is 0 Å². The van der Waals surface area contributed by atoms with Crippen molar-refractivity contribution in [2.24, 2.45) is 0 Å². The molecular formula is C10H16N3O3. The molecule has 0 N–H and O–H groups in total. The Balaban J connectivity index is 1.64. The SMILES string of the molecule is O=C1CN(CCCN2CCOCC2)C(=O)[N]1. The second-order valence-electron chi connectivity index (χ2n) is 4.02. The van der Waals surface area contributed by atoms with E-state index >= 15 is 0 Å². The van der Waals surface area contributed by atoms with Gasteiger partial charge in [-0.25, -0.2) is 4.79 Å². The summed E-state index contributed by atoms with van der Waals surface area (Å²) in [5.41, 5.74) is 0. The van der Waals surface area contributed by atoms with Crippen LogP contribution in [0.15, 0.2) is 0 Å². The summed E-state index contributed by atoms with van der Waals surface area (Å²) in [5.74, 6) is -0.323. The zero-order valence-electron chi connectivity index (χ0n) is 9.22. The lowest BCUT2D eigenvalue weighted by Crippen LogP contribution is -2.38. The Morgan fingerprint density at radius 1 is 1.19 bits per heavy atom. The van der Waals surface area contributed by atoms with Crippen molar-refractivity contribution in [1.82, 2.24) is 15.1 Å². The van der Waals surface area contributed by atoms with Gasteiger partial charge in [0.1, 0.15) is 6.54 Å². The number of hydrogen-bond donors (Lipinski definition) is 0. The maximum atomic E-state index is 11.2. The zero-order valence-corrected chi connectivity index (χ0v) is 9.22. The maximum Gasteiger partial charge on any atom is 0.347 e. The van der Waals surface area contributed by atoms with E-state index in [2.05, 4.69) is 10.2 Å². The Hall–Kier alpha value is -1.14. The number of imide groups is 1. The molecule has 89 valence electrons. The third-order valence-electron chi connectivity index (χ3n) is 2.82. The highest BCUT2D eigenvalue weighted by atomic mass is 16.5. The highest BCUT2D eigenvalue weighted by Gasteiger charge is 2.28. The minimum absolute atomic E-state index is 0.155. The fraction of sp³-hybridized carbons (Fsp3) is 0.800. The van der Waals surface area contributed by atoms with Gasteiger partial charge in [-0.15, -0.1) is 0 Å². The second-order valence-corrected chi connectivity index (χ2v) is 4.02. The van der Waals surface area contributed by atoms with Gasteiger partial charge in [-0.1, -0.05) is 0 Å². The fourth-order valence-corrected chi connectivity index (χ4v) is 1.93. The molecule has 0 saturated carbocycles. The predicted octanol–water partition coefficient (Wildman–Crippen LogP) is -0.725. The van der Waals surface area contributed by atoms with Crippen LogP contribution in [-0.4, -0.2) is 67.7 Å². The van der Waals surface area contributed by atoms with Gasteiger partial charge in [-0.05, 0) is 6.42 Å². The summed E-state index contributed by atoms with van der Waals surface area (Å²) in [4.78, 5) is 25.9. The van der Waals surface area contributed by atoms with Crippen LogP contribution in [0.2, 0.25) is 0 Å². The van der Waals surface area contributed by atoms with E-state index in [1.54, 1.807) is 0 Å². The Kier molecular flexibility index (Phi) is 3.74. The van der Waals surface area contributed by atoms with Crippen LogP contribution in [0.3, 0.4) is 0 Å². The largest absolute Gasteiger partial charge is 0.379 e. The van der Waals surface area contributed by atoms with Gasteiger partial charge in [0.15, 0.2) is 0 Å². The van der Waals surface area contributed by atoms with Crippen molar-refractivity contribution in [3.8, 4) is 0 Å². The zero-order chi connectivity index (χ0) is 11.4. The van der Waals surface area contributed by atoms with Gasteiger partial charge in [0, 0.05) is 26.2 Å². The van der Waals surface area contributed by atoms with Crippen molar-refractivity contribution in [3.63, 3.8) is 0 Å². The highest BCUT2D eigenvalue weighted by Crippen LogP contribution is 2.03. The van der Waals surface area contributed by atoms with Crippen molar-refractivity contribution < 1.29 is 14.3 Å². The molecular weight excluding hydrogens is 210 g/mol. The average Bonchev–Trinajstić information content (AvgIpc) is 2.59. The summed E-state index contributed by atoms with van der Waals surface area (Å²) >= 11 is 0. The molecule has 0 bridgehead atoms. The van der Waals surface area contributed by atoms with E-state index in [1.165, 1.54) is 4.90 Å². The Labute approximate surface area is 94.5 Å². The van der Waals surface area contributed by atoms with Crippen molar-refractivity contribution >= 4 is 11.9 Å². The van der Waals surface area contributed by atoms with Crippen LogP contribution in [0.5, 0.6) is 0 Å². The van der Waals surface area contributed by atoms with Gasteiger partial charge < -0.3 is 9.64 Å². The molecule has 6 heteroatoms. The molecule has 2 fully saturated rings. The molecule has 2 rings (SSSR count).